The van der Waals surface area contributed by atoms with E-state index in [4.69, 9.17) is 9.47 Å². The maximum Gasteiger partial charge on any atom is 0.408 e. The van der Waals surface area contributed by atoms with E-state index in [0.29, 0.717) is 6.42 Å². The Hall–Kier alpha value is -2.08. The molecule has 0 spiro atoms. The fourth-order valence-electron chi connectivity index (χ4n) is 2.20. The Labute approximate surface area is 139 Å². The number of esters is 1. The molecule has 0 aliphatic rings. The van der Waals surface area contributed by atoms with Crippen LogP contribution in [0.4, 0.5) is 4.79 Å². The molecule has 1 heterocycles. The molecule has 0 fully saturated rings. The number of methoxy groups -OCH3 is 1. The molecule has 124 valence electrons. The Bertz CT molecular complexity index is 702. The number of amides is 1. The van der Waals surface area contributed by atoms with E-state index >= 15 is 0 Å². The summed E-state index contributed by atoms with van der Waals surface area (Å²) < 4.78 is 11.2. The van der Waals surface area contributed by atoms with Gasteiger partial charge in [0.1, 0.15) is 11.6 Å². The van der Waals surface area contributed by atoms with Crippen LogP contribution in [0.3, 0.4) is 0 Å². The fraction of sp³-hybridized carbons (Fsp3) is 0.412. The van der Waals surface area contributed by atoms with Gasteiger partial charge in [-0.2, -0.15) is 0 Å². The van der Waals surface area contributed by atoms with Crippen LogP contribution in [-0.4, -0.2) is 30.8 Å². The Morgan fingerprint density at radius 3 is 2.61 bits per heavy atom. The number of alkyl carbamates (subject to hydrolysis) is 1. The number of thiophene rings is 1. The van der Waals surface area contributed by atoms with Gasteiger partial charge in [0.05, 0.1) is 7.11 Å². The van der Waals surface area contributed by atoms with Crippen LogP contribution >= 0.6 is 11.3 Å². The molecule has 1 atom stereocenters. The second-order valence-corrected chi connectivity index (χ2v) is 7.09. The number of carbonyl (C=O) groups is 2. The quantitative estimate of drug-likeness (QED) is 0.869. The van der Waals surface area contributed by atoms with Gasteiger partial charge in [-0.15, -0.1) is 11.3 Å². The van der Waals surface area contributed by atoms with Gasteiger partial charge in [-0.05, 0) is 43.2 Å². The van der Waals surface area contributed by atoms with Crippen molar-refractivity contribution in [3.05, 3.63) is 35.2 Å². The van der Waals surface area contributed by atoms with Gasteiger partial charge in [0.2, 0.25) is 0 Å². The Balaban J connectivity index is 2.16. The van der Waals surface area contributed by atoms with Crippen molar-refractivity contribution in [3.8, 4) is 0 Å². The van der Waals surface area contributed by atoms with Crippen molar-refractivity contribution in [1.29, 1.82) is 0 Å². The minimum atomic E-state index is -0.784. The van der Waals surface area contributed by atoms with E-state index in [1.54, 1.807) is 32.1 Å². The molecule has 0 saturated heterocycles. The number of nitrogens with one attached hydrogen (secondary N) is 1. The zero-order valence-corrected chi connectivity index (χ0v) is 14.5. The van der Waals surface area contributed by atoms with Gasteiger partial charge >= 0.3 is 12.1 Å². The molecule has 2 rings (SSSR count). The van der Waals surface area contributed by atoms with Crippen LogP contribution in [0.2, 0.25) is 0 Å². The second-order valence-electron chi connectivity index (χ2n) is 6.18. The molecule has 0 saturated carbocycles. The molecule has 0 unspecified atom stereocenters. The van der Waals surface area contributed by atoms with Crippen molar-refractivity contribution in [2.45, 2.75) is 38.8 Å². The highest BCUT2D eigenvalue weighted by Crippen LogP contribution is 2.26. The molecule has 2 aromatic rings. The first-order valence-electron chi connectivity index (χ1n) is 7.32. The Kier molecular flexibility index (Phi) is 5.26. The summed E-state index contributed by atoms with van der Waals surface area (Å²) in [5.74, 6) is -0.494. The highest BCUT2D eigenvalue weighted by molar-refractivity contribution is 7.17. The number of rotatable bonds is 4. The van der Waals surface area contributed by atoms with E-state index in [9.17, 15) is 9.59 Å². The minimum absolute atomic E-state index is 0.357. The summed E-state index contributed by atoms with van der Waals surface area (Å²) in [6.07, 6.45) is -0.275. The van der Waals surface area contributed by atoms with Gasteiger partial charge in [-0.1, -0.05) is 18.2 Å². The average molecular weight is 335 g/mol. The lowest BCUT2D eigenvalue weighted by molar-refractivity contribution is -0.143. The van der Waals surface area contributed by atoms with Crippen molar-refractivity contribution in [2.24, 2.45) is 0 Å². The van der Waals surface area contributed by atoms with Crippen molar-refractivity contribution in [2.75, 3.05) is 7.11 Å². The van der Waals surface area contributed by atoms with E-state index in [2.05, 4.69) is 5.32 Å². The van der Waals surface area contributed by atoms with Crippen LogP contribution in [0.25, 0.3) is 10.1 Å². The molecule has 23 heavy (non-hydrogen) atoms. The third kappa shape index (κ3) is 4.69. The monoisotopic (exact) mass is 335 g/mol. The van der Waals surface area contributed by atoms with E-state index in [1.807, 2.05) is 29.6 Å². The van der Waals surface area contributed by atoms with Crippen molar-refractivity contribution >= 4 is 33.5 Å². The molecule has 1 amide bonds. The first-order valence-corrected chi connectivity index (χ1v) is 8.20. The number of carbonyl (C=O) groups excluding carboxylic acids is 2. The normalized spacial score (nSPS) is 12.7. The van der Waals surface area contributed by atoms with Gasteiger partial charge in [0, 0.05) is 11.1 Å². The lowest BCUT2D eigenvalue weighted by atomic mass is 10.1. The van der Waals surface area contributed by atoms with Crippen molar-refractivity contribution in [3.63, 3.8) is 0 Å². The zero-order chi connectivity index (χ0) is 17.0. The SMILES string of the molecule is COC(=O)[C@H](Cc1csc2ccccc12)NC(=O)OC(C)(C)C. The van der Waals surface area contributed by atoms with E-state index in [-0.39, 0.29) is 0 Å². The predicted octanol–water partition coefficient (Wildman–Crippen LogP) is 3.51. The summed E-state index contributed by atoms with van der Waals surface area (Å²) in [7, 11) is 1.30. The number of hydrogen-bond donors (Lipinski definition) is 1. The molecule has 1 aromatic carbocycles. The van der Waals surface area contributed by atoms with E-state index in [1.165, 1.54) is 7.11 Å². The van der Waals surface area contributed by atoms with Gasteiger partial charge < -0.3 is 14.8 Å². The second kappa shape index (κ2) is 7.00. The van der Waals surface area contributed by atoms with Gasteiger partial charge in [0.25, 0.3) is 0 Å². The van der Waals surface area contributed by atoms with Crippen molar-refractivity contribution in [1.82, 2.24) is 5.32 Å². The Morgan fingerprint density at radius 2 is 1.96 bits per heavy atom. The molecular formula is C17H21NO4S. The summed E-state index contributed by atoms with van der Waals surface area (Å²) >= 11 is 1.61. The van der Waals surface area contributed by atoms with E-state index in [0.717, 1.165) is 15.6 Å². The number of hydrogen-bond acceptors (Lipinski definition) is 5. The Morgan fingerprint density at radius 1 is 1.26 bits per heavy atom. The average Bonchev–Trinajstić information content (AvgIpc) is 2.87. The number of ether oxygens (including phenoxy) is 2. The number of fused-ring (bicyclic) bond motifs is 1. The van der Waals surface area contributed by atoms with E-state index < -0.39 is 23.7 Å². The topological polar surface area (TPSA) is 64.6 Å². The largest absolute Gasteiger partial charge is 0.467 e. The smallest absolute Gasteiger partial charge is 0.408 e. The third-order valence-corrected chi connectivity index (χ3v) is 4.17. The molecule has 6 heteroatoms. The van der Waals surface area contributed by atoms with Crippen LogP contribution in [0.1, 0.15) is 26.3 Å². The first kappa shape index (κ1) is 17.3. The highest BCUT2D eigenvalue weighted by Gasteiger charge is 2.26. The van der Waals surface area contributed by atoms with Gasteiger partial charge in [0.15, 0.2) is 0 Å². The van der Waals surface area contributed by atoms with Crippen LogP contribution in [-0.2, 0) is 20.7 Å². The lowest BCUT2D eigenvalue weighted by Crippen LogP contribution is -2.45. The maximum absolute atomic E-state index is 12.0. The molecular weight excluding hydrogens is 314 g/mol. The number of benzene rings is 1. The maximum atomic E-state index is 12.0. The molecule has 0 bridgehead atoms. The summed E-state index contributed by atoms with van der Waals surface area (Å²) in [4.78, 5) is 23.9. The summed E-state index contributed by atoms with van der Waals surface area (Å²) in [6.45, 7) is 5.31. The summed E-state index contributed by atoms with van der Waals surface area (Å²) in [5, 5.41) is 5.67. The summed E-state index contributed by atoms with van der Waals surface area (Å²) in [5.41, 5.74) is 0.372. The molecule has 0 aliphatic carbocycles. The standard InChI is InChI=1S/C17H21NO4S/c1-17(2,3)22-16(20)18-13(15(19)21-4)9-11-10-23-14-8-6-5-7-12(11)14/h5-8,10,13H,9H2,1-4H3,(H,18,20)/t13-/m0/s1. The van der Waals surface area contributed by atoms with Gasteiger partial charge in [-0.25, -0.2) is 9.59 Å². The molecule has 1 N–H and O–H groups in total. The minimum Gasteiger partial charge on any atom is -0.467 e. The first-order chi connectivity index (χ1) is 10.8. The van der Waals surface area contributed by atoms with Crippen LogP contribution in [0.5, 0.6) is 0 Å². The lowest BCUT2D eigenvalue weighted by Gasteiger charge is -2.22. The molecule has 0 radical (unpaired) electrons. The van der Waals surface area contributed by atoms with Crippen LogP contribution < -0.4 is 5.32 Å². The van der Waals surface area contributed by atoms with Crippen LogP contribution in [0, 0.1) is 0 Å². The summed E-state index contributed by atoms with van der Waals surface area (Å²) in [6, 6.07) is 7.17. The highest BCUT2D eigenvalue weighted by atomic mass is 32.1. The van der Waals surface area contributed by atoms with Crippen molar-refractivity contribution < 1.29 is 19.1 Å². The molecule has 0 aliphatic heterocycles. The zero-order valence-electron chi connectivity index (χ0n) is 13.7. The van der Waals surface area contributed by atoms with Crippen LogP contribution in [0.15, 0.2) is 29.6 Å². The molecule has 1 aromatic heterocycles. The fourth-order valence-corrected chi connectivity index (χ4v) is 3.17. The predicted molar refractivity (Wildman–Crippen MR) is 90.7 cm³/mol. The van der Waals surface area contributed by atoms with Gasteiger partial charge in [-0.3, -0.25) is 0 Å². The molecule has 5 nitrogen and oxygen atoms in total. The third-order valence-electron chi connectivity index (χ3n) is 3.16.